The standard InChI is InChI=1S/C15H17NO2S/c1-2-13(14-8-5-9-19-14)16-10-11-6-3-4-7-12(11)15(17)18/h3-9,13,16H,2,10H2,1H3,(H,17,18). The van der Waals surface area contributed by atoms with Gasteiger partial charge in [0.1, 0.15) is 0 Å². The lowest BCUT2D eigenvalue weighted by atomic mass is 10.1. The number of benzene rings is 1. The summed E-state index contributed by atoms with van der Waals surface area (Å²) in [6.07, 6.45) is 0.982. The van der Waals surface area contributed by atoms with E-state index in [2.05, 4.69) is 23.7 Å². The molecule has 0 saturated carbocycles. The summed E-state index contributed by atoms with van der Waals surface area (Å²) < 4.78 is 0. The molecular weight excluding hydrogens is 258 g/mol. The second kappa shape index (κ2) is 6.50. The van der Waals surface area contributed by atoms with E-state index in [4.69, 9.17) is 5.11 Å². The van der Waals surface area contributed by atoms with Crippen LogP contribution in [0.2, 0.25) is 0 Å². The Labute approximate surface area is 116 Å². The zero-order valence-corrected chi connectivity index (χ0v) is 11.6. The van der Waals surface area contributed by atoms with E-state index >= 15 is 0 Å². The number of thiophene rings is 1. The highest BCUT2D eigenvalue weighted by atomic mass is 32.1. The average molecular weight is 275 g/mol. The van der Waals surface area contributed by atoms with Gasteiger partial charge in [-0.15, -0.1) is 11.3 Å². The predicted molar refractivity (Wildman–Crippen MR) is 77.6 cm³/mol. The van der Waals surface area contributed by atoms with Crippen molar-refractivity contribution in [3.05, 3.63) is 57.8 Å². The van der Waals surface area contributed by atoms with Crippen molar-refractivity contribution in [2.24, 2.45) is 0 Å². The molecule has 1 unspecified atom stereocenters. The number of carboxylic acids is 1. The number of hydrogen-bond acceptors (Lipinski definition) is 3. The molecule has 100 valence electrons. The van der Waals surface area contributed by atoms with Gasteiger partial charge in [0.15, 0.2) is 0 Å². The fourth-order valence-corrected chi connectivity index (χ4v) is 2.94. The fraction of sp³-hybridized carbons (Fsp3) is 0.267. The lowest BCUT2D eigenvalue weighted by Gasteiger charge is -2.16. The average Bonchev–Trinajstić information content (AvgIpc) is 2.94. The molecule has 0 aliphatic rings. The minimum Gasteiger partial charge on any atom is -0.478 e. The van der Waals surface area contributed by atoms with Gasteiger partial charge in [0.05, 0.1) is 5.56 Å². The highest BCUT2D eigenvalue weighted by Crippen LogP contribution is 2.22. The quantitative estimate of drug-likeness (QED) is 0.845. The molecule has 19 heavy (non-hydrogen) atoms. The van der Waals surface area contributed by atoms with Crippen LogP contribution >= 0.6 is 11.3 Å². The molecule has 1 heterocycles. The summed E-state index contributed by atoms with van der Waals surface area (Å²) in [6.45, 7) is 2.69. The Hall–Kier alpha value is -1.65. The van der Waals surface area contributed by atoms with Crippen molar-refractivity contribution in [3.8, 4) is 0 Å². The first-order valence-electron chi connectivity index (χ1n) is 6.30. The van der Waals surface area contributed by atoms with E-state index in [0.29, 0.717) is 12.1 Å². The first-order valence-corrected chi connectivity index (χ1v) is 7.18. The molecule has 0 fully saturated rings. The SMILES string of the molecule is CCC(NCc1ccccc1C(=O)O)c1cccs1. The maximum absolute atomic E-state index is 11.1. The highest BCUT2D eigenvalue weighted by molar-refractivity contribution is 7.10. The third kappa shape index (κ3) is 3.43. The Morgan fingerprint density at radius 3 is 2.74 bits per heavy atom. The summed E-state index contributed by atoms with van der Waals surface area (Å²) >= 11 is 1.72. The number of nitrogens with one attached hydrogen (secondary N) is 1. The van der Waals surface area contributed by atoms with Crippen molar-refractivity contribution in [1.29, 1.82) is 0 Å². The van der Waals surface area contributed by atoms with E-state index in [1.54, 1.807) is 23.5 Å². The van der Waals surface area contributed by atoms with Crippen LogP contribution in [-0.2, 0) is 6.54 Å². The maximum Gasteiger partial charge on any atom is 0.336 e. The van der Waals surface area contributed by atoms with Crippen molar-refractivity contribution >= 4 is 17.3 Å². The molecule has 4 heteroatoms. The van der Waals surface area contributed by atoms with E-state index in [1.165, 1.54) is 4.88 Å². The van der Waals surface area contributed by atoms with Gasteiger partial charge in [-0.3, -0.25) is 0 Å². The Bertz CT molecular complexity index is 537. The van der Waals surface area contributed by atoms with Crippen LogP contribution < -0.4 is 5.32 Å². The van der Waals surface area contributed by atoms with Crippen LogP contribution in [-0.4, -0.2) is 11.1 Å². The summed E-state index contributed by atoms with van der Waals surface area (Å²) in [7, 11) is 0. The number of hydrogen-bond donors (Lipinski definition) is 2. The molecule has 2 rings (SSSR count). The van der Waals surface area contributed by atoms with Gasteiger partial charge < -0.3 is 10.4 Å². The normalized spacial score (nSPS) is 12.3. The second-order valence-corrected chi connectivity index (χ2v) is 5.30. The Morgan fingerprint density at radius 2 is 2.11 bits per heavy atom. The third-order valence-corrected chi connectivity index (χ3v) is 4.07. The minimum atomic E-state index is -0.874. The van der Waals surface area contributed by atoms with Crippen LogP contribution in [0.4, 0.5) is 0 Å². The Balaban J connectivity index is 2.08. The van der Waals surface area contributed by atoms with E-state index in [9.17, 15) is 4.79 Å². The van der Waals surface area contributed by atoms with Gasteiger partial charge in [0, 0.05) is 17.5 Å². The molecule has 0 spiro atoms. The smallest absolute Gasteiger partial charge is 0.336 e. The first-order chi connectivity index (χ1) is 9.22. The van der Waals surface area contributed by atoms with Gasteiger partial charge in [0.25, 0.3) is 0 Å². The van der Waals surface area contributed by atoms with Crippen molar-refractivity contribution in [3.63, 3.8) is 0 Å². The van der Waals surface area contributed by atoms with Crippen LogP contribution in [0.15, 0.2) is 41.8 Å². The number of rotatable bonds is 6. The summed E-state index contributed by atoms with van der Waals surface area (Å²) in [5.41, 5.74) is 1.20. The fourth-order valence-electron chi connectivity index (χ4n) is 2.05. The van der Waals surface area contributed by atoms with Gasteiger partial charge in [-0.1, -0.05) is 31.2 Å². The van der Waals surface area contributed by atoms with E-state index in [-0.39, 0.29) is 6.04 Å². The first kappa shape index (κ1) is 13.8. The molecule has 2 N–H and O–H groups in total. The van der Waals surface area contributed by atoms with Crippen LogP contribution in [0, 0.1) is 0 Å². The molecule has 0 radical (unpaired) electrons. The summed E-state index contributed by atoms with van der Waals surface area (Å²) in [5, 5.41) is 14.6. The van der Waals surface area contributed by atoms with Crippen molar-refractivity contribution in [2.75, 3.05) is 0 Å². The van der Waals surface area contributed by atoms with E-state index in [1.807, 2.05) is 18.2 Å². The zero-order chi connectivity index (χ0) is 13.7. The number of aromatic carboxylic acids is 1. The molecule has 0 aliphatic carbocycles. The minimum absolute atomic E-state index is 0.279. The number of carbonyl (C=O) groups is 1. The molecule has 0 amide bonds. The molecule has 1 aromatic heterocycles. The van der Waals surface area contributed by atoms with Gasteiger partial charge in [-0.2, -0.15) is 0 Å². The molecule has 1 aromatic carbocycles. The zero-order valence-electron chi connectivity index (χ0n) is 10.8. The van der Waals surface area contributed by atoms with Crippen molar-refractivity contribution in [2.45, 2.75) is 25.9 Å². The number of carboxylic acid groups (broad SMARTS) is 1. The molecule has 0 saturated heterocycles. The van der Waals surface area contributed by atoms with Gasteiger partial charge >= 0.3 is 5.97 Å². The summed E-state index contributed by atoms with van der Waals surface area (Å²) in [5.74, 6) is -0.874. The van der Waals surface area contributed by atoms with Crippen LogP contribution in [0.5, 0.6) is 0 Å². The predicted octanol–water partition coefficient (Wildman–Crippen LogP) is 3.69. The molecular formula is C15H17NO2S. The Morgan fingerprint density at radius 1 is 1.32 bits per heavy atom. The summed E-state index contributed by atoms with van der Waals surface area (Å²) in [6, 6.07) is 11.5. The van der Waals surface area contributed by atoms with Gasteiger partial charge in [-0.25, -0.2) is 4.79 Å². The van der Waals surface area contributed by atoms with E-state index < -0.39 is 5.97 Å². The van der Waals surface area contributed by atoms with E-state index in [0.717, 1.165) is 12.0 Å². The Kier molecular flexibility index (Phi) is 4.71. The topological polar surface area (TPSA) is 49.3 Å². The molecule has 0 aliphatic heterocycles. The second-order valence-electron chi connectivity index (χ2n) is 4.32. The third-order valence-electron chi connectivity index (χ3n) is 3.08. The van der Waals surface area contributed by atoms with Gasteiger partial charge in [0.2, 0.25) is 0 Å². The van der Waals surface area contributed by atoms with Crippen LogP contribution in [0.3, 0.4) is 0 Å². The molecule has 2 aromatic rings. The summed E-state index contributed by atoms with van der Waals surface area (Å²) in [4.78, 5) is 12.4. The molecule has 0 bridgehead atoms. The lowest BCUT2D eigenvalue weighted by molar-refractivity contribution is 0.0695. The van der Waals surface area contributed by atoms with Crippen molar-refractivity contribution in [1.82, 2.24) is 5.32 Å². The maximum atomic E-state index is 11.1. The van der Waals surface area contributed by atoms with Crippen LogP contribution in [0.1, 0.15) is 40.2 Å². The van der Waals surface area contributed by atoms with Gasteiger partial charge in [-0.05, 0) is 29.5 Å². The monoisotopic (exact) mass is 275 g/mol. The molecule has 1 atom stereocenters. The highest BCUT2D eigenvalue weighted by Gasteiger charge is 2.12. The molecule has 3 nitrogen and oxygen atoms in total. The largest absolute Gasteiger partial charge is 0.478 e. The van der Waals surface area contributed by atoms with Crippen LogP contribution in [0.25, 0.3) is 0 Å². The van der Waals surface area contributed by atoms with Crippen molar-refractivity contribution < 1.29 is 9.90 Å². The lowest BCUT2D eigenvalue weighted by Crippen LogP contribution is -2.20.